The van der Waals surface area contributed by atoms with Crippen LogP contribution < -0.4 is 0 Å². The van der Waals surface area contributed by atoms with E-state index >= 15 is 4.39 Å². The lowest BCUT2D eigenvalue weighted by Crippen LogP contribution is -2.42. The zero-order chi connectivity index (χ0) is 21.2. The van der Waals surface area contributed by atoms with Crippen molar-refractivity contribution in [3.05, 3.63) is 93.8 Å². The molecule has 148 valence electrons. The van der Waals surface area contributed by atoms with Crippen LogP contribution in [0.4, 0.5) is 14.5 Å². The molecule has 0 fully saturated rings. The molecule has 29 heavy (non-hydrogen) atoms. The van der Waals surface area contributed by atoms with Gasteiger partial charge in [-0.2, -0.15) is 4.39 Å². The molecule has 1 aliphatic rings. The summed E-state index contributed by atoms with van der Waals surface area (Å²) in [5.74, 6) is -7.80. The molecule has 2 unspecified atom stereocenters. The Balaban J connectivity index is 1.91. The van der Waals surface area contributed by atoms with Crippen molar-refractivity contribution >= 4 is 34.1 Å². The molecular weight excluding hydrogens is 408 g/mol. The van der Waals surface area contributed by atoms with Gasteiger partial charge in [-0.1, -0.05) is 30.3 Å². The smallest absolute Gasteiger partial charge is 0.341 e. The summed E-state index contributed by atoms with van der Waals surface area (Å²) in [6.45, 7) is 0. The van der Waals surface area contributed by atoms with E-state index in [1.807, 2.05) is 0 Å². The van der Waals surface area contributed by atoms with Crippen LogP contribution in [-0.4, -0.2) is 22.0 Å². The van der Waals surface area contributed by atoms with Gasteiger partial charge in [-0.15, -0.1) is 0 Å². The maximum Gasteiger partial charge on any atom is 0.341 e. The molecule has 0 radical (unpaired) electrons. The molecular formula is C20H12ClF2NO5. The Morgan fingerprint density at radius 2 is 1.72 bits per heavy atom. The Morgan fingerprint density at radius 1 is 1.10 bits per heavy atom. The molecule has 3 rings (SSSR count). The molecule has 2 aromatic rings. The summed E-state index contributed by atoms with van der Waals surface area (Å²) < 4.78 is 35.1. The summed E-state index contributed by atoms with van der Waals surface area (Å²) in [6.07, 6.45) is 1.80. The number of esters is 1. The molecule has 0 saturated heterocycles. The minimum Gasteiger partial charge on any atom is -0.420 e. The second-order valence-electron chi connectivity index (χ2n) is 6.09. The fourth-order valence-electron chi connectivity index (χ4n) is 2.82. The number of nitro groups is 1. The van der Waals surface area contributed by atoms with E-state index in [0.29, 0.717) is 5.56 Å². The maximum atomic E-state index is 15.4. The third-order valence-corrected chi connectivity index (χ3v) is 4.47. The summed E-state index contributed by atoms with van der Waals surface area (Å²) >= 11 is 5.42. The van der Waals surface area contributed by atoms with Crippen LogP contribution in [0.3, 0.4) is 0 Å². The fraction of sp³-hybridized carbons (Fsp3) is 0.100. The molecule has 6 nitrogen and oxygen atoms in total. The van der Waals surface area contributed by atoms with Crippen LogP contribution in [0.25, 0.3) is 5.57 Å². The highest BCUT2D eigenvalue weighted by molar-refractivity contribution is 6.64. The standard InChI is InChI=1S/C20H12ClF2NO5/c21-18(25)16-17(22)15(12-4-2-1-3-5-12)10-11-20(16,23)29-19(26)13-6-8-14(9-7-13)24(27)28/h1-11,16H. The number of ether oxygens (including phenoxy) is 1. The van der Waals surface area contributed by atoms with E-state index in [-0.39, 0.29) is 16.8 Å². The van der Waals surface area contributed by atoms with Crippen molar-refractivity contribution in [1.29, 1.82) is 0 Å². The quantitative estimate of drug-likeness (QED) is 0.302. The van der Waals surface area contributed by atoms with Crippen LogP contribution >= 0.6 is 11.6 Å². The normalized spacial score (nSPS) is 21.0. The van der Waals surface area contributed by atoms with Crippen molar-refractivity contribution in [2.75, 3.05) is 0 Å². The van der Waals surface area contributed by atoms with Crippen molar-refractivity contribution in [1.82, 2.24) is 0 Å². The molecule has 0 spiro atoms. The molecule has 0 heterocycles. The molecule has 9 heteroatoms. The largest absolute Gasteiger partial charge is 0.420 e. The second kappa shape index (κ2) is 7.92. The van der Waals surface area contributed by atoms with Gasteiger partial charge in [-0.3, -0.25) is 14.9 Å². The van der Waals surface area contributed by atoms with E-state index < -0.39 is 33.7 Å². The maximum absolute atomic E-state index is 15.4. The Labute approximate surface area is 168 Å². The molecule has 0 saturated carbocycles. The zero-order valence-electron chi connectivity index (χ0n) is 14.6. The number of nitro benzene ring substituents is 1. The fourth-order valence-corrected chi connectivity index (χ4v) is 3.07. The van der Waals surface area contributed by atoms with E-state index in [0.717, 1.165) is 36.4 Å². The van der Waals surface area contributed by atoms with E-state index in [1.165, 1.54) is 0 Å². The number of halogens is 3. The number of rotatable bonds is 5. The summed E-state index contributed by atoms with van der Waals surface area (Å²) in [6, 6.07) is 12.2. The number of hydrogen-bond acceptors (Lipinski definition) is 5. The number of hydrogen-bond donors (Lipinski definition) is 0. The minimum atomic E-state index is -3.17. The van der Waals surface area contributed by atoms with Crippen LogP contribution in [-0.2, 0) is 9.53 Å². The zero-order valence-corrected chi connectivity index (χ0v) is 15.3. The monoisotopic (exact) mass is 419 g/mol. The summed E-state index contributed by atoms with van der Waals surface area (Å²) in [7, 11) is 0. The number of carbonyl (C=O) groups is 2. The van der Waals surface area contributed by atoms with E-state index in [2.05, 4.69) is 0 Å². The second-order valence-corrected chi connectivity index (χ2v) is 6.46. The molecule has 0 amide bonds. The van der Waals surface area contributed by atoms with E-state index in [9.17, 15) is 24.1 Å². The molecule has 0 aromatic heterocycles. The van der Waals surface area contributed by atoms with Crippen molar-refractivity contribution in [3.8, 4) is 0 Å². The highest BCUT2D eigenvalue weighted by Crippen LogP contribution is 2.42. The first-order valence-corrected chi connectivity index (χ1v) is 8.61. The van der Waals surface area contributed by atoms with Gasteiger partial charge in [0, 0.05) is 17.7 Å². The van der Waals surface area contributed by atoms with Gasteiger partial charge in [0.15, 0.2) is 5.92 Å². The van der Waals surface area contributed by atoms with Crippen molar-refractivity contribution in [2.45, 2.75) is 5.85 Å². The number of carbonyl (C=O) groups excluding carboxylic acids is 2. The molecule has 0 aliphatic heterocycles. The number of allylic oxidation sites excluding steroid dienone is 2. The summed E-state index contributed by atoms with van der Waals surface area (Å²) in [4.78, 5) is 34.1. The van der Waals surface area contributed by atoms with Crippen LogP contribution in [0.2, 0.25) is 0 Å². The first kappa shape index (κ1) is 20.3. The Kier molecular flexibility index (Phi) is 5.56. The highest BCUT2D eigenvalue weighted by Gasteiger charge is 2.50. The third kappa shape index (κ3) is 4.07. The average molecular weight is 420 g/mol. The Bertz CT molecular complexity index is 1040. The predicted molar refractivity (Wildman–Crippen MR) is 100 cm³/mol. The number of benzene rings is 2. The van der Waals surface area contributed by atoms with Gasteiger partial charge < -0.3 is 4.74 Å². The van der Waals surface area contributed by atoms with Crippen LogP contribution in [0.5, 0.6) is 0 Å². The first-order valence-electron chi connectivity index (χ1n) is 8.23. The molecule has 2 atom stereocenters. The number of nitrogens with zero attached hydrogens (tertiary/aromatic N) is 1. The van der Waals surface area contributed by atoms with Gasteiger partial charge in [0.1, 0.15) is 5.83 Å². The third-order valence-electron chi connectivity index (χ3n) is 4.26. The van der Waals surface area contributed by atoms with Crippen LogP contribution in [0.1, 0.15) is 15.9 Å². The average Bonchev–Trinajstić information content (AvgIpc) is 2.68. The molecule has 1 aliphatic carbocycles. The van der Waals surface area contributed by atoms with Crippen molar-refractivity contribution in [2.24, 2.45) is 5.92 Å². The van der Waals surface area contributed by atoms with Gasteiger partial charge in [0.05, 0.1) is 10.5 Å². The minimum absolute atomic E-state index is 0.0655. The van der Waals surface area contributed by atoms with Crippen molar-refractivity contribution in [3.63, 3.8) is 0 Å². The summed E-state index contributed by atoms with van der Waals surface area (Å²) in [5.41, 5.74) is -0.193. The van der Waals surface area contributed by atoms with E-state index in [4.69, 9.17) is 16.3 Å². The lowest BCUT2D eigenvalue weighted by atomic mass is 9.88. The molecule has 2 aromatic carbocycles. The SMILES string of the molecule is O=C(OC1(F)C=CC(c2ccccc2)=C(F)C1C(=O)Cl)c1ccc([N+](=O)[O-])cc1. The predicted octanol–water partition coefficient (Wildman–Crippen LogP) is 4.75. The Morgan fingerprint density at radius 3 is 2.28 bits per heavy atom. The lowest BCUT2D eigenvalue weighted by molar-refractivity contribution is -0.384. The van der Waals surface area contributed by atoms with Gasteiger partial charge in [-0.05, 0) is 41.4 Å². The van der Waals surface area contributed by atoms with Gasteiger partial charge >= 0.3 is 5.97 Å². The highest BCUT2D eigenvalue weighted by atomic mass is 35.5. The van der Waals surface area contributed by atoms with Gasteiger partial charge in [-0.25, -0.2) is 9.18 Å². The van der Waals surface area contributed by atoms with Crippen molar-refractivity contribution < 1.29 is 28.0 Å². The van der Waals surface area contributed by atoms with E-state index in [1.54, 1.807) is 30.3 Å². The number of non-ortho nitro benzene ring substituents is 1. The first-order chi connectivity index (χ1) is 13.7. The topological polar surface area (TPSA) is 86.5 Å². The Hall–Kier alpha value is -3.39. The summed E-state index contributed by atoms with van der Waals surface area (Å²) in [5, 5.41) is 9.28. The lowest BCUT2D eigenvalue weighted by Gasteiger charge is -2.31. The van der Waals surface area contributed by atoms with Gasteiger partial charge in [0.2, 0.25) is 5.24 Å². The molecule has 0 N–H and O–H groups in total. The molecule has 0 bridgehead atoms. The van der Waals surface area contributed by atoms with Crippen LogP contribution in [0, 0.1) is 16.0 Å². The van der Waals surface area contributed by atoms with Gasteiger partial charge in [0.25, 0.3) is 11.5 Å². The number of alkyl halides is 1. The van der Waals surface area contributed by atoms with Crippen LogP contribution in [0.15, 0.2) is 72.6 Å².